The summed E-state index contributed by atoms with van der Waals surface area (Å²) in [6.45, 7) is 6.47. The Morgan fingerprint density at radius 2 is 1.40 bits per heavy atom. The van der Waals surface area contributed by atoms with E-state index in [-0.39, 0.29) is 5.97 Å². The lowest BCUT2D eigenvalue weighted by Crippen LogP contribution is -2.35. The van der Waals surface area contributed by atoms with Crippen LogP contribution >= 0.6 is 0 Å². The van der Waals surface area contributed by atoms with Gasteiger partial charge in [0, 0.05) is 0 Å². The molecular formula is C18H28O7. The normalized spacial score (nSPS) is 11.0. The molecule has 7 nitrogen and oxygen atoms in total. The molecule has 0 bridgehead atoms. The van der Waals surface area contributed by atoms with Gasteiger partial charge in [-0.3, -0.25) is 0 Å². The molecule has 1 aromatic rings. The maximum Gasteiger partial charge on any atom is 0.337 e. The third-order valence-electron chi connectivity index (χ3n) is 3.12. The Bertz CT molecular complexity index is 542. The fourth-order valence-corrected chi connectivity index (χ4v) is 1.54. The van der Waals surface area contributed by atoms with Crippen LogP contribution in [-0.2, 0) is 30.4 Å². The predicted octanol–water partition coefficient (Wildman–Crippen LogP) is 2.09. The van der Waals surface area contributed by atoms with Crippen LogP contribution in [0.3, 0.4) is 0 Å². The molecule has 7 heteroatoms. The molecule has 1 aromatic carbocycles. The molecule has 142 valence electrons. The minimum absolute atomic E-state index is 0.353. The topological polar surface area (TPSA) is 91.3 Å². The number of rotatable bonds is 6. The van der Waals surface area contributed by atoms with Crippen LogP contribution in [0.2, 0.25) is 0 Å². The monoisotopic (exact) mass is 356 g/mol. The molecule has 0 aliphatic carbocycles. The molecule has 0 radical (unpaired) electrons. The number of benzene rings is 1. The van der Waals surface area contributed by atoms with E-state index < -0.39 is 17.2 Å². The van der Waals surface area contributed by atoms with Crippen LogP contribution < -0.4 is 4.74 Å². The summed E-state index contributed by atoms with van der Waals surface area (Å²) in [6.07, 6.45) is 0. The van der Waals surface area contributed by atoms with Gasteiger partial charge in [0.2, 0.25) is 0 Å². The summed E-state index contributed by atoms with van der Waals surface area (Å²) >= 11 is 0. The van der Waals surface area contributed by atoms with E-state index in [1.165, 1.54) is 28.1 Å². The van der Waals surface area contributed by atoms with E-state index >= 15 is 0 Å². The SMILES string of the molecule is COC(=O)C(C)(C)O.COC(=O)C(C)(C)OCc1ccc(OC)cc1. The van der Waals surface area contributed by atoms with Gasteiger partial charge < -0.3 is 24.1 Å². The lowest BCUT2D eigenvalue weighted by atomic mass is 10.1. The highest BCUT2D eigenvalue weighted by atomic mass is 16.6. The van der Waals surface area contributed by atoms with E-state index in [9.17, 15) is 9.59 Å². The largest absolute Gasteiger partial charge is 0.497 e. The van der Waals surface area contributed by atoms with Crippen molar-refractivity contribution in [3.63, 3.8) is 0 Å². The average molecular weight is 356 g/mol. The van der Waals surface area contributed by atoms with Crippen molar-refractivity contribution in [2.75, 3.05) is 21.3 Å². The molecule has 1 N–H and O–H groups in total. The number of methoxy groups -OCH3 is 3. The summed E-state index contributed by atoms with van der Waals surface area (Å²) in [6, 6.07) is 7.49. The molecule has 0 saturated heterocycles. The molecule has 25 heavy (non-hydrogen) atoms. The number of esters is 2. The second-order valence-electron chi connectivity index (χ2n) is 6.19. The minimum atomic E-state index is -1.35. The van der Waals surface area contributed by atoms with E-state index in [1.807, 2.05) is 24.3 Å². The average Bonchev–Trinajstić information content (AvgIpc) is 2.58. The van der Waals surface area contributed by atoms with Gasteiger partial charge in [0.15, 0.2) is 11.2 Å². The highest BCUT2D eigenvalue weighted by molar-refractivity contribution is 5.78. The first kappa shape index (κ1) is 22.9. The Morgan fingerprint density at radius 1 is 0.920 bits per heavy atom. The first-order chi connectivity index (χ1) is 11.5. The molecule has 0 unspecified atom stereocenters. The number of carbonyl (C=O) groups excluding carboxylic acids is 2. The lowest BCUT2D eigenvalue weighted by molar-refractivity contribution is -0.166. The van der Waals surface area contributed by atoms with Crippen molar-refractivity contribution >= 4 is 11.9 Å². The van der Waals surface area contributed by atoms with E-state index in [1.54, 1.807) is 21.0 Å². The predicted molar refractivity (Wildman–Crippen MR) is 92.2 cm³/mol. The molecular weight excluding hydrogens is 328 g/mol. The second-order valence-corrected chi connectivity index (χ2v) is 6.19. The Hall–Kier alpha value is -2.12. The van der Waals surface area contributed by atoms with Crippen molar-refractivity contribution in [1.82, 2.24) is 0 Å². The number of hydrogen-bond acceptors (Lipinski definition) is 7. The molecule has 0 aromatic heterocycles. The zero-order valence-electron chi connectivity index (χ0n) is 15.9. The van der Waals surface area contributed by atoms with Gasteiger partial charge >= 0.3 is 11.9 Å². The van der Waals surface area contributed by atoms with Crippen LogP contribution in [0.25, 0.3) is 0 Å². The van der Waals surface area contributed by atoms with Crippen LogP contribution in [0.4, 0.5) is 0 Å². The first-order valence-electron chi connectivity index (χ1n) is 7.64. The summed E-state index contributed by atoms with van der Waals surface area (Å²) in [5, 5.41) is 8.81. The molecule has 0 aliphatic rings. The van der Waals surface area contributed by atoms with E-state index in [2.05, 4.69) is 9.47 Å². The van der Waals surface area contributed by atoms with Gasteiger partial charge in [0.1, 0.15) is 5.75 Å². The van der Waals surface area contributed by atoms with Crippen molar-refractivity contribution in [3.8, 4) is 5.75 Å². The van der Waals surface area contributed by atoms with Gasteiger partial charge in [0.25, 0.3) is 0 Å². The Balaban J connectivity index is 0.000000609. The molecule has 0 saturated carbocycles. The molecule has 0 aliphatic heterocycles. The van der Waals surface area contributed by atoms with E-state index in [0.29, 0.717) is 6.61 Å². The molecule has 0 atom stereocenters. The molecule has 0 fully saturated rings. The fourth-order valence-electron chi connectivity index (χ4n) is 1.54. The van der Waals surface area contributed by atoms with Crippen molar-refractivity contribution in [3.05, 3.63) is 29.8 Å². The summed E-state index contributed by atoms with van der Waals surface area (Å²) in [5.74, 6) is -0.204. The molecule has 0 amide bonds. The maximum absolute atomic E-state index is 11.4. The standard InChI is InChI=1S/C13H18O4.C5H10O3/c1-13(2,12(14)16-4)17-9-10-5-7-11(15-3)8-6-10;1-5(2,7)4(6)8-3/h5-8H,9H2,1-4H3;7H,1-3H3. The summed E-state index contributed by atoms with van der Waals surface area (Å²) in [7, 11) is 4.20. The van der Waals surface area contributed by atoms with Crippen molar-refractivity contribution in [2.45, 2.75) is 45.5 Å². The van der Waals surface area contributed by atoms with Gasteiger partial charge in [-0.2, -0.15) is 0 Å². The maximum atomic E-state index is 11.4. The Kier molecular flexibility index (Phi) is 9.16. The van der Waals surface area contributed by atoms with E-state index in [0.717, 1.165) is 11.3 Å². The van der Waals surface area contributed by atoms with Crippen LogP contribution in [0.1, 0.15) is 33.3 Å². The zero-order valence-corrected chi connectivity index (χ0v) is 15.9. The van der Waals surface area contributed by atoms with Gasteiger partial charge in [-0.1, -0.05) is 12.1 Å². The number of hydrogen-bond donors (Lipinski definition) is 1. The van der Waals surface area contributed by atoms with Crippen molar-refractivity contribution in [2.24, 2.45) is 0 Å². The van der Waals surface area contributed by atoms with Crippen LogP contribution in [0.15, 0.2) is 24.3 Å². The Labute approximate surface area is 148 Å². The summed E-state index contributed by atoms with van der Waals surface area (Å²) in [5.41, 5.74) is -1.31. The number of carbonyl (C=O) groups is 2. The smallest absolute Gasteiger partial charge is 0.337 e. The van der Waals surface area contributed by atoms with E-state index in [4.69, 9.17) is 14.6 Å². The quantitative estimate of drug-likeness (QED) is 0.780. The molecule has 0 heterocycles. The third-order valence-corrected chi connectivity index (χ3v) is 3.12. The van der Waals surface area contributed by atoms with Crippen molar-refractivity contribution in [1.29, 1.82) is 0 Å². The van der Waals surface area contributed by atoms with Crippen LogP contribution in [-0.4, -0.2) is 49.6 Å². The lowest BCUT2D eigenvalue weighted by Gasteiger charge is -2.22. The zero-order chi connectivity index (χ0) is 19.7. The second kappa shape index (κ2) is 10.0. The number of aliphatic hydroxyl groups is 1. The van der Waals surface area contributed by atoms with Crippen LogP contribution in [0.5, 0.6) is 5.75 Å². The van der Waals surface area contributed by atoms with Crippen molar-refractivity contribution < 1.29 is 33.6 Å². The van der Waals surface area contributed by atoms with Crippen LogP contribution in [0, 0.1) is 0 Å². The first-order valence-corrected chi connectivity index (χ1v) is 7.64. The molecule has 1 rings (SSSR count). The summed E-state index contributed by atoms with van der Waals surface area (Å²) < 4.78 is 19.5. The van der Waals surface area contributed by atoms with Gasteiger partial charge in [0.05, 0.1) is 27.9 Å². The van der Waals surface area contributed by atoms with Gasteiger partial charge in [-0.15, -0.1) is 0 Å². The number of ether oxygens (including phenoxy) is 4. The fraction of sp³-hybridized carbons (Fsp3) is 0.556. The highest BCUT2D eigenvalue weighted by Crippen LogP contribution is 2.17. The minimum Gasteiger partial charge on any atom is -0.497 e. The Morgan fingerprint density at radius 3 is 1.72 bits per heavy atom. The van der Waals surface area contributed by atoms with Gasteiger partial charge in [-0.05, 0) is 45.4 Å². The summed E-state index contributed by atoms with van der Waals surface area (Å²) in [4.78, 5) is 21.7. The van der Waals surface area contributed by atoms with Gasteiger partial charge in [-0.25, -0.2) is 9.59 Å². The molecule has 0 spiro atoms. The third kappa shape index (κ3) is 8.51. The highest BCUT2D eigenvalue weighted by Gasteiger charge is 2.29.